The molecule has 0 unspecified atom stereocenters. The van der Waals surface area contributed by atoms with Gasteiger partial charge in [-0.05, 0) is 36.8 Å². The lowest BCUT2D eigenvalue weighted by molar-refractivity contribution is -0.141. The molecule has 0 aliphatic carbocycles. The number of carbonyl (C=O) groups excluding carboxylic acids is 5. The zero-order chi connectivity index (χ0) is 35.0. The van der Waals surface area contributed by atoms with Gasteiger partial charge in [0.1, 0.15) is 31.0 Å². The van der Waals surface area contributed by atoms with Crippen molar-refractivity contribution >= 4 is 36.1 Å². The highest BCUT2D eigenvalue weighted by Gasteiger charge is 2.39. The van der Waals surface area contributed by atoms with E-state index in [0.717, 1.165) is 11.1 Å². The predicted octanol–water partition coefficient (Wildman–Crippen LogP) is 0.703. The first-order chi connectivity index (χ1) is 23.7. The quantitative estimate of drug-likeness (QED) is 0.0512. The van der Waals surface area contributed by atoms with Gasteiger partial charge in [-0.1, -0.05) is 60.7 Å². The first kappa shape index (κ1) is 36.1. The Bertz CT molecular complexity index is 1550. The summed E-state index contributed by atoms with van der Waals surface area (Å²) in [7, 11) is 0. The number of hydrogen-bond acceptors (Lipinski definition) is 8. The highest BCUT2D eigenvalue weighted by Crippen LogP contribution is 2.20. The lowest BCUT2D eigenvalue weighted by Crippen LogP contribution is -2.57. The average molecular weight is 674 g/mol. The second-order valence-electron chi connectivity index (χ2n) is 11.7. The molecule has 4 rings (SSSR count). The molecule has 0 radical (unpaired) electrons. The van der Waals surface area contributed by atoms with Crippen LogP contribution in [-0.4, -0.2) is 88.2 Å². The Balaban J connectivity index is 1.45. The summed E-state index contributed by atoms with van der Waals surface area (Å²) in [6.45, 7) is 0.512. The van der Waals surface area contributed by atoms with Gasteiger partial charge in [0.25, 0.3) is 0 Å². The molecule has 4 amide bonds. The molecular weight excluding hydrogens is 630 g/mol. The van der Waals surface area contributed by atoms with Crippen LogP contribution in [0.25, 0.3) is 0 Å². The molecule has 0 saturated carbocycles. The van der Waals surface area contributed by atoms with E-state index >= 15 is 0 Å². The van der Waals surface area contributed by atoms with Crippen LogP contribution >= 0.6 is 0 Å². The zero-order valence-corrected chi connectivity index (χ0v) is 27.1. The van der Waals surface area contributed by atoms with E-state index in [2.05, 4.69) is 30.9 Å². The lowest BCUT2D eigenvalue weighted by Gasteiger charge is -2.30. The number of nitrogens with one attached hydrogen (secondary N) is 4. The molecule has 1 aliphatic heterocycles. The summed E-state index contributed by atoms with van der Waals surface area (Å²) in [5.74, 6) is -1.64. The number of aliphatic imine (C=N–C) groups is 1. The second-order valence-corrected chi connectivity index (χ2v) is 11.7. The molecule has 8 N–H and O–H groups in total. The summed E-state index contributed by atoms with van der Waals surface area (Å²) in [5, 5.41) is 8.19. The number of guanidine groups is 1. The monoisotopic (exact) mass is 673 g/mol. The molecule has 49 heavy (non-hydrogen) atoms. The zero-order valence-electron chi connectivity index (χ0n) is 27.1. The summed E-state index contributed by atoms with van der Waals surface area (Å²) in [6.07, 6.45) is 4.66. The summed E-state index contributed by atoms with van der Waals surface area (Å²) in [4.78, 5) is 78.1. The Labute approximate surface area is 284 Å². The minimum Gasteiger partial charge on any atom is -0.445 e. The molecule has 1 aromatic heterocycles. The minimum atomic E-state index is -1.04. The van der Waals surface area contributed by atoms with Gasteiger partial charge in [0.15, 0.2) is 5.96 Å². The van der Waals surface area contributed by atoms with E-state index in [0.29, 0.717) is 31.2 Å². The number of likely N-dealkylation sites (tertiary alicyclic amines) is 1. The van der Waals surface area contributed by atoms with Crippen molar-refractivity contribution < 1.29 is 28.7 Å². The number of benzene rings is 2. The van der Waals surface area contributed by atoms with E-state index in [1.54, 1.807) is 6.20 Å². The number of nitrogens with zero attached hydrogens (tertiary/aromatic N) is 3. The third kappa shape index (κ3) is 11.5. The van der Waals surface area contributed by atoms with Crippen molar-refractivity contribution in [2.45, 2.75) is 69.3 Å². The Hall–Kier alpha value is -5.73. The molecular formula is C34H43N9O6. The van der Waals surface area contributed by atoms with Gasteiger partial charge < -0.3 is 46.8 Å². The molecule has 1 aliphatic rings. The maximum atomic E-state index is 13.9. The number of imidazole rings is 1. The SMILES string of the molecule is NC(N)=NCCC[C@H](NC(=O)OCc1ccccc1)C(=O)N1CCC[C@H]1C(=O)N[C@@H](Cc1ccccc1)C(=O)N[C@H](C=O)Cc1cnc[nH]1. The largest absolute Gasteiger partial charge is 0.445 e. The van der Waals surface area contributed by atoms with Gasteiger partial charge in [-0.2, -0.15) is 0 Å². The third-order valence-electron chi connectivity index (χ3n) is 7.99. The van der Waals surface area contributed by atoms with Crippen LogP contribution in [0.1, 0.15) is 42.5 Å². The lowest BCUT2D eigenvalue weighted by atomic mass is 10.0. The molecule has 1 fully saturated rings. The Kier molecular flexibility index (Phi) is 13.7. The highest BCUT2D eigenvalue weighted by atomic mass is 16.5. The molecule has 0 bridgehead atoms. The van der Waals surface area contributed by atoms with E-state index in [9.17, 15) is 24.0 Å². The van der Waals surface area contributed by atoms with Crippen molar-refractivity contribution in [2.24, 2.45) is 16.5 Å². The van der Waals surface area contributed by atoms with Gasteiger partial charge in [-0.25, -0.2) is 9.78 Å². The van der Waals surface area contributed by atoms with Crippen LogP contribution < -0.4 is 27.4 Å². The maximum Gasteiger partial charge on any atom is 0.408 e. The number of carbonyl (C=O) groups is 5. The van der Waals surface area contributed by atoms with Gasteiger partial charge in [0.05, 0.1) is 12.4 Å². The first-order valence-electron chi connectivity index (χ1n) is 16.1. The second kappa shape index (κ2) is 18.6. The number of ether oxygens (including phenoxy) is 1. The van der Waals surface area contributed by atoms with E-state index in [1.165, 1.54) is 11.2 Å². The number of aromatic amines is 1. The summed E-state index contributed by atoms with van der Waals surface area (Å²) in [5.41, 5.74) is 13.1. The fourth-order valence-electron chi connectivity index (χ4n) is 5.55. The van der Waals surface area contributed by atoms with Gasteiger partial charge in [-0.3, -0.25) is 19.4 Å². The minimum absolute atomic E-state index is 0.00798. The van der Waals surface area contributed by atoms with Crippen LogP contribution in [0.2, 0.25) is 0 Å². The van der Waals surface area contributed by atoms with Gasteiger partial charge in [0.2, 0.25) is 17.7 Å². The summed E-state index contributed by atoms with van der Waals surface area (Å²) < 4.78 is 5.36. The van der Waals surface area contributed by atoms with Crippen LogP contribution in [-0.2, 0) is 43.4 Å². The van der Waals surface area contributed by atoms with Crippen LogP contribution in [0.4, 0.5) is 4.79 Å². The number of rotatable bonds is 17. The smallest absolute Gasteiger partial charge is 0.408 e. The van der Waals surface area contributed by atoms with Gasteiger partial charge in [-0.15, -0.1) is 0 Å². The van der Waals surface area contributed by atoms with E-state index < -0.39 is 48.0 Å². The van der Waals surface area contributed by atoms with Crippen molar-refractivity contribution in [2.75, 3.05) is 13.1 Å². The molecule has 0 spiro atoms. The molecule has 15 nitrogen and oxygen atoms in total. The fraction of sp³-hybridized carbons (Fsp3) is 0.382. The molecule has 2 heterocycles. The highest BCUT2D eigenvalue weighted by molar-refractivity contribution is 5.94. The topological polar surface area (TPSA) is 227 Å². The van der Waals surface area contributed by atoms with Crippen LogP contribution in [0.5, 0.6) is 0 Å². The number of H-pyrrole nitrogens is 1. The molecule has 4 atom stereocenters. The van der Waals surface area contributed by atoms with E-state index in [-0.39, 0.29) is 44.9 Å². The van der Waals surface area contributed by atoms with Gasteiger partial charge >= 0.3 is 6.09 Å². The predicted molar refractivity (Wildman–Crippen MR) is 181 cm³/mol. The van der Waals surface area contributed by atoms with Crippen molar-refractivity contribution in [3.05, 3.63) is 90.0 Å². The van der Waals surface area contributed by atoms with Crippen molar-refractivity contribution in [1.29, 1.82) is 0 Å². The Morgan fingerprint density at radius 3 is 2.35 bits per heavy atom. The molecule has 2 aromatic carbocycles. The summed E-state index contributed by atoms with van der Waals surface area (Å²) >= 11 is 0. The maximum absolute atomic E-state index is 13.9. The molecule has 1 saturated heterocycles. The molecule has 3 aromatic rings. The Morgan fingerprint density at radius 1 is 0.980 bits per heavy atom. The van der Waals surface area contributed by atoms with Crippen LogP contribution in [0.3, 0.4) is 0 Å². The number of aromatic nitrogens is 2. The van der Waals surface area contributed by atoms with Crippen molar-refractivity contribution in [1.82, 2.24) is 30.8 Å². The average Bonchev–Trinajstić information content (AvgIpc) is 3.81. The number of alkyl carbamates (subject to hydrolysis) is 1. The third-order valence-corrected chi connectivity index (χ3v) is 7.99. The number of amides is 4. The number of hydrogen-bond donors (Lipinski definition) is 6. The van der Waals surface area contributed by atoms with Crippen LogP contribution in [0, 0.1) is 0 Å². The first-order valence-corrected chi connectivity index (χ1v) is 16.1. The van der Waals surface area contributed by atoms with E-state index in [1.807, 2.05) is 60.7 Å². The van der Waals surface area contributed by atoms with Crippen LogP contribution in [0.15, 0.2) is 78.2 Å². The van der Waals surface area contributed by atoms with Crippen molar-refractivity contribution in [3.63, 3.8) is 0 Å². The number of aldehydes is 1. The molecule has 15 heteroatoms. The van der Waals surface area contributed by atoms with Crippen molar-refractivity contribution in [3.8, 4) is 0 Å². The molecule has 260 valence electrons. The summed E-state index contributed by atoms with van der Waals surface area (Å²) in [6, 6.07) is 14.4. The normalized spacial score (nSPS) is 15.7. The fourth-order valence-corrected chi connectivity index (χ4v) is 5.55. The number of nitrogens with two attached hydrogens (primary N) is 2. The standard InChI is InChI=1S/C34H43N9O6/c35-33(36)38-15-7-13-27(42-34(48)49-21-24-11-5-2-6-12-24)32(47)43-16-8-14-29(43)31(46)41-28(17-23-9-3-1-4-10-23)30(45)40-26(20-44)18-25-19-37-22-39-25/h1-6,9-12,19-20,22,26-29H,7-8,13-18,21H2,(H,37,39)(H,40,45)(H,41,46)(H,42,48)(H4,35,36,38)/t26-,27-,28-,29-/m0/s1. The Morgan fingerprint density at radius 2 is 1.69 bits per heavy atom. The van der Waals surface area contributed by atoms with Gasteiger partial charge in [0, 0.05) is 37.8 Å². The van der Waals surface area contributed by atoms with E-state index in [4.69, 9.17) is 16.2 Å².